The third kappa shape index (κ3) is 4.92. The number of pyridine rings is 1. The van der Waals surface area contributed by atoms with Crippen molar-refractivity contribution in [1.82, 2.24) is 4.98 Å². The van der Waals surface area contributed by atoms with Crippen LogP contribution in [0.1, 0.15) is 91.5 Å². The minimum Gasteiger partial charge on any atom is -0.294 e. The van der Waals surface area contributed by atoms with Crippen LogP contribution in [0.4, 0.5) is 0 Å². The molecular weight excluding hydrogens is 450 g/mol. The fourth-order valence-corrected chi connectivity index (χ4v) is 7.42. The zero-order chi connectivity index (χ0) is 25.6. The van der Waals surface area contributed by atoms with E-state index in [9.17, 15) is 4.79 Å². The smallest absolute Gasteiger partial charge is 0.162 e. The molecule has 2 heteroatoms. The van der Waals surface area contributed by atoms with E-state index < -0.39 is 0 Å². The van der Waals surface area contributed by atoms with Crippen molar-refractivity contribution < 1.29 is 4.79 Å². The Morgan fingerprint density at radius 2 is 1.78 bits per heavy atom. The second-order valence-corrected chi connectivity index (χ2v) is 12.6. The van der Waals surface area contributed by atoms with Crippen molar-refractivity contribution in [3.8, 4) is 11.1 Å². The Bertz CT molecular complexity index is 1270. The molecule has 2 unspecified atom stereocenters. The average Bonchev–Trinajstić information content (AvgIpc) is 3.73. The van der Waals surface area contributed by atoms with Gasteiger partial charge in [-0.2, -0.15) is 0 Å². The third-order valence-corrected chi connectivity index (χ3v) is 10.2. The van der Waals surface area contributed by atoms with Crippen LogP contribution in [0, 0.1) is 30.6 Å². The van der Waals surface area contributed by atoms with Gasteiger partial charge in [0.05, 0.1) is 0 Å². The molecule has 0 amide bonds. The highest BCUT2D eigenvalue weighted by atomic mass is 16.1. The van der Waals surface area contributed by atoms with Crippen LogP contribution in [0.25, 0.3) is 11.1 Å². The number of hydrogen-bond acceptors (Lipinski definition) is 2. The molecule has 3 aromatic rings. The summed E-state index contributed by atoms with van der Waals surface area (Å²) in [4.78, 5) is 17.6. The van der Waals surface area contributed by atoms with Crippen LogP contribution in [0.3, 0.4) is 0 Å². The van der Waals surface area contributed by atoms with Crippen molar-refractivity contribution in [2.45, 2.75) is 84.0 Å². The molecule has 0 saturated heterocycles. The Balaban J connectivity index is 1.09. The number of Topliss-reactive ketones (excluding diaryl/α,β-unsaturated/α-hetero) is 1. The van der Waals surface area contributed by atoms with E-state index >= 15 is 0 Å². The maximum atomic E-state index is 13.2. The molecule has 1 aromatic heterocycles. The van der Waals surface area contributed by atoms with E-state index in [1.807, 2.05) is 13.1 Å². The van der Waals surface area contributed by atoms with E-state index in [2.05, 4.69) is 73.4 Å². The van der Waals surface area contributed by atoms with Gasteiger partial charge in [-0.05, 0) is 109 Å². The summed E-state index contributed by atoms with van der Waals surface area (Å²) in [6.45, 7) is 7.00. The van der Waals surface area contributed by atoms with Crippen molar-refractivity contribution >= 4 is 5.78 Å². The van der Waals surface area contributed by atoms with E-state index in [0.717, 1.165) is 47.4 Å². The molecule has 2 nitrogen and oxygen atoms in total. The Kier molecular flexibility index (Phi) is 6.55. The van der Waals surface area contributed by atoms with Crippen molar-refractivity contribution in [3.63, 3.8) is 0 Å². The fraction of sp³-hybridized carbons (Fsp3) is 0.486. The van der Waals surface area contributed by atoms with Gasteiger partial charge in [0, 0.05) is 29.4 Å². The normalized spacial score (nSPS) is 26.5. The molecule has 1 heterocycles. The number of ketones is 1. The lowest BCUT2D eigenvalue weighted by atomic mass is 9.51. The van der Waals surface area contributed by atoms with Gasteiger partial charge in [0.1, 0.15) is 0 Å². The zero-order valence-corrected chi connectivity index (χ0v) is 22.8. The summed E-state index contributed by atoms with van der Waals surface area (Å²) in [6.07, 6.45) is 12.6. The molecule has 6 rings (SSSR count). The highest BCUT2D eigenvalue weighted by Gasteiger charge is 2.49. The van der Waals surface area contributed by atoms with Gasteiger partial charge in [0.25, 0.3) is 0 Å². The molecule has 4 atom stereocenters. The topological polar surface area (TPSA) is 30.0 Å². The van der Waals surface area contributed by atoms with E-state index in [4.69, 9.17) is 0 Å². The van der Waals surface area contributed by atoms with Gasteiger partial charge < -0.3 is 0 Å². The first kappa shape index (κ1) is 24.6. The molecule has 37 heavy (non-hydrogen) atoms. The van der Waals surface area contributed by atoms with Crippen LogP contribution in [0.5, 0.6) is 0 Å². The SMILES string of the molecule is Cc1ccc(-c2ccc(CCCC(=O)c3ccc4c(c3)[C@@]3(C)CCC(CC5CC5)C(C4)[C@@H]3C)cc2)cn1. The number of carbonyl (C=O) groups excluding carboxylic acids is 1. The van der Waals surface area contributed by atoms with Crippen molar-refractivity contribution in [1.29, 1.82) is 0 Å². The number of rotatable bonds is 8. The Labute approximate surface area is 222 Å². The first-order chi connectivity index (χ1) is 17.9. The summed E-state index contributed by atoms with van der Waals surface area (Å²) in [6, 6.07) is 19.6. The molecular formula is C35H41NO. The lowest BCUT2D eigenvalue weighted by molar-refractivity contribution is 0.0594. The van der Waals surface area contributed by atoms with Crippen LogP contribution < -0.4 is 0 Å². The van der Waals surface area contributed by atoms with Crippen LogP contribution in [-0.4, -0.2) is 10.8 Å². The van der Waals surface area contributed by atoms with E-state index in [1.165, 1.54) is 60.8 Å². The highest BCUT2D eigenvalue weighted by Crippen LogP contribution is 2.56. The maximum absolute atomic E-state index is 13.2. The molecule has 3 aliphatic carbocycles. The summed E-state index contributed by atoms with van der Waals surface area (Å²) in [5.41, 5.74) is 8.81. The van der Waals surface area contributed by atoms with Crippen LogP contribution >= 0.6 is 0 Å². The Morgan fingerprint density at radius 1 is 1.00 bits per heavy atom. The van der Waals surface area contributed by atoms with E-state index in [-0.39, 0.29) is 5.41 Å². The van der Waals surface area contributed by atoms with Gasteiger partial charge in [-0.15, -0.1) is 0 Å². The largest absolute Gasteiger partial charge is 0.294 e. The Hall–Kier alpha value is -2.74. The van der Waals surface area contributed by atoms with Crippen LogP contribution in [-0.2, 0) is 18.3 Å². The number of aromatic nitrogens is 1. The van der Waals surface area contributed by atoms with Gasteiger partial charge in [0.2, 0.25) is 0 Å². The molecule has 3 aliphatic rings. The summed E-state index contributed by atoms with van der Waals surface area (Å²) in [7, 11) is 0. The van der Waals surface area contributed by atoms with Crippen molar-refractivity contribution in [3.05, 3.63) is 88.7 Å². The molecule has 2 saturated carbocycles. The lowest BCUT2D eigenvalue weighted by Crippen LogP contribution is -2.48. The molecule has 2 aromatic carbocycles. The maximum Gasteiger partial charge on any atom is 0.162 e. The molecule has 0 spiro atoms. The molecule has 0 aliphatic heterocycles. The zero-order valence-electron chi connectivity index (χ0n) is 22.8. The summed E-state index contributed by atoms with van der Waals surface area (Å²) < 4.78 is 0. The second kappa shape index (κ2) is 9.86. The summed E-state index contributed by atoms with van der Waals surface area (Å²) in [5.74, 6) is 3.76. The van der Waals surface area contributed by atoms with Crippen molar-refractivity contribution in [2.75, 3.05) is 0 Å². The third-order valence-electron chi connectivity index (χ3n) is 10.2. The van der Waals surface area contributed by atoms with Crippen LogP contribution in [0.15, 0.2) is 60.8 Å². The molecule has 2 fully saturated rings. The highest BCUT2D eigenvalue weighted by molar-refractivity contribution is 5.96. The fourth-order valence-electron chi connectivity index (χ4n) is 7.42. The number of fused-ring (bicyclic) bond motifs is 4. The van der Waals surface area contributed by atoms with E-state index in [1.54, 1.807) is 0 Å². The predicted molar refractivity (Wildman–Crippen MR) is 152 cm³/mol. The molecule has 192 valence electrons. The average molecular weight is 492 g/mol. The molecule has 2 bridgehead atoms. The number of hydrogen-bond donors (Lipinski definition) is 0. The lowest BCUT2D eigenvalue weighted by Gasteiger charge is -2.53. The number of carbonyl (C=O) groups is 1. The first-order valence-corrected chi connectivity index (χ1v) is 14.6. The quantitative estimate of drug-likeness (QED) is 0.296. The van der Waals surface area contributed by atoms with Gasteiger partial charge in [-0.3, -0.25) is 9.78 Å². The monoisotopic (exact) mass is 491 g/mol. The molecule has 0 radical (unpaired) electrons. The molecule has 0 N–H and O–H groups in total. The van der Waals surface area contributed by atoms with Gasteiger partial charge in [-0.25, -0.2) is 0 Å². The summed E-state index contributed by atoms with van der Waals surface area (Å²) >= 11 is 0. The van der Waals surface area contributed by atoms with Crippen molar-refractivity contribution in [2.24, 2.45) is 23.7 Å². The first-order valence-electron chi connectivity index (χ1n) is 14.6. The number of benzene rings is 2. The van der Waals surface area contributed by atoms with Gasteiger partial charge in [-0.1, -0.05) is 69.2 Å². The van der Waals surface area contributed by atoms with E-state index in [0.29, 0.717) is 18.1 Å². The standard InChI is InChI=1S/C35H41NO/c1-23-7-12-31(22-36-23)27-13-10-25(11-14-27)5-4-6-34(37)30-16-15-29-20-32-24(2)35(3,33(29)21-30)18-17-28(32)19-26-8-9-26/h7,10-16,21-22,24,26,28,32H,4-6,8-9,17-20H2,1-3H3/t24-,28?,32?,35-/m0/s1. The van der Waals surface area contributed by atoms with Crippen LogP contribution in [0.2, 0.25) is 0 Å². The minimum absolute atomic E-state index is 0.226. The number of nitrogens with zero attached hydrogens (tertiary/aromatic N) is 1. The van der Waals surface area contributed by atoms with Gasteiger partial charge >= 0.3 is 0 Å². The number of aryl methyl sites for hydroxylation is 2. The second-order valence-electron chi connectivity index (χ2n) is 12.6. The minimum atomic E-state index is 0.226. The Morgan fingerprint density at radius 3 is 2.51 bits per heavy atom. The van der Waals surface area contributed by atoms with Gasteiger partial charge in [0.15, 0.2) is 5.78 Å². The predicted octanol–water partition coefficient (Wildman–Crippen LogP) is 8.54. The summed E-state index contributed by atoms with van der Waals surface area (Å²) in [5, 5.41) is 0.